The second kappa shape index (κ2) is 7.71. The smallest absolute Gasteiger partial charge is 0.318 e. The summed E-state index contributed by atoms with van der Waals surface area (Å²) in [5.41, 5.74) is 9.51. The molecule has 0 bridgehead atoms. The molecule has 0 saturated carbocycles. The van der Waals surface area contributed by atoms with E-state index in [-0.39, 0.29) is 19.8 Å². The fraction of sp³-hybridized carbons (Fsp3) is 0.571. The molecule has 0 aromatic rings. The van der Waals surface area contributed by atoms with Crippen LogP contribution >= 0.6 is 0 Å². The van der Waals surface area contributed by atoms with E-state index < -0.39 is 17.8 Å². The summed E-state index contributed by atoms with van der Waals surface area (Å²) in [5, 5.41) is 4.54. The third-order valence-corrected chi connectivity index (χ3v) is 1.22. The first-order valence-corrected chi connectivity index (χ1v) is 4.18. The molecule has 0 unspecified atom stereocenters. The lowest BCUT2D eigenvalue weighted by Crippen LogP contribution is -2.41. The van der Waals surface area contributed by atoms with Gasteiger partial charge in [0, 0.05) is 6.54 Å². The Balaban J connectivity index is 3.27. The van der Waals surface area contributed by atoms with Crippen molar-refractivity contribution in [2.24, 2.45) is 11.5 Å². The molecule has 0 saturated heterocycles. The minimum Gasteiger partial charge on any atom is -0.370 e. The molecule has 0 aromatic heterocycles. The first-order chi connectivity index (χ1) is 7.02. The van der Waals surface area contributed by atoms with Gasteiger partial charge in [0.25, 0.3) is 0 Å². The van der Waals surface area contributed by atoms with E-state index in [1.807, 2.05) is 5.32 Å². The highest BCUT2D eigenvalue weighted by molar-refractivity contribution is 5.94. The van der Waals surface area contributed by atoms with Gasteiger partial charge in [-0.15, -0.1) is 0 Å². The lowest BCUT2D eigenvalue weighted by Gasteiger charge is -2.04. The number of rotatable bonds is 7. The molecular weight excluding hydrogens is 204 g/mol. The standard InChI is InChI=1S/C7H14N4O4/c8-5(12)4-15-2-1-10-3-6(13)11-7(9)14/h10H,1-4H2,(H2,8,12)(H3,9,11,13,14). The van der Waals surface area contributed by atoms with E-state index in [0.717, 1.165) is 0 Å². The molecule has 86 valence electrons. The Morgan fingerprint density at radius 3 is 2.40 bits per heavy atom. The van der Waals surface area contributed by atoms with Crippen LogP contribution in [0.15, 0.2) is 0 Å². The molecule has 0 heterocycles. The molecule has 0 spiro atoms. The molecule has 0 aliphatic heterocycles. The van der Waals surface area contributed by atoms with E-state index in [2.05, 4.69) is 5.32 Å². The van der Waals surface area contributed by atoms with Crippen LogP contribution in [-0.4, -0.2) is 44.1 Å². The third kappa shape index (κ3) is 10.2. The van der Waals surface area contributed by atoms with Crippen molar-refractivity contribution in [3.05, 3.63) is 0 Å². The van der Waals surface area contributed by atoms with Crippen molar-refractivity contribution in [2.45, 2.75) is 0 Å². The minimum absolute atomic E-state index is 0.0527. The molecule has 4 amide bonds. The molecule has 0 radical (unpaired) electrons. The number of carbonyl (C=O) groups excluding carboxylic acids is 3. The van der Waals surface area contributed by atoms with Gasteiger partial charge in [-0.1, -0.05) is 0 Å². The molecule has 8 nitrogen and oxygen atoms in total. The van der Waals surface area contributed by atoms with Crippen LogP contribution in [-0.2, 0) is 14.3 Å². The normalized spacial score (nSPS) is 9.60. The van der Waals surface area contributed by atoms with Gasteiger partial charge in [-0.2, -0.15) is 0 Å². The summed E-state index contributed by atoms with van der Waals surface area (Å²) in [5.74, 6) is -1.08. The van der Waals surface area contributed by atoms with Crippen LogP contribution in [0.2, 0.25) is 0 Å². The van der Waals surface area contributed by atoms with Crippen LogP contribution in [0, 0.1) is 0 Å². The van der Waals surface area contributed by atoms with Crippen molar-refractivity contribution < 1.29 is 19.1 Å². The number of primary amides is 2. The number of urea groups is 1. The van der Waals surface area contributed by atoms with Gasteiger partial charge in [0.2, 0.25) is 11.8 Å². The number of amides is 4. The summed E-state index contributed by atoms with van der Waals surface area (Å²) >= 11 is 0. The molecule has 15 heavy (non-hydrogen) atoms. The Bertz CT molecular complexity index is 243. The monoisotopic (exact) mass is 218 g/mol. The van der Waals surface area contributed by atoms with Crippen LogP contribution in [0.3, 0.4) is 0 Å². The van der Waals surface area contributed by atoms with Gasteiger partial charge in [-0.05, 0) is 0 Å². The van der Waals surface area contributed by atoms with Crippen LogP contribution in [0.25, 0.3) is 0 Å². The second-order valence-corrected chi connectivity index (χ2v) is 2.61. The maximum absolute atomic E-state index is 10.8. The van der Waals surface area contributed by atoms with E-state index >= 15 is 0 Å². The summed E-state index contributed by atoms with van der Waals surface area (Å²) in [6.07, 6.45) is 0. The Hall–Kier alpha value is -1.67. The quantitative estimate of drug-likeness (QED) is 0.344. The van der Waals surface area contributed by atoms with Crippen LogP contribution in [0.4, 0.5) is 4.79 Å². The first kappa shape index (κ1) is 13.3. The van der Waals surface area contributed by atoms with Crippen molar-refractivity contribution in [3.8, 4) is 0 Å². The zero-order chi connectivity index (χ0) is 11.7. The van der Waals surface area contributed by atoms with Crippen molar-refractivity contribution >= 4 is 17.8 Å². The lowest BCUT2D eigenvalue weighted by atomic mass is 10.5. The number of nitrogens with two attached hydrogens (primary N) is 2. The van der Waals surface area contributed by atoms with Gasteiger partial charge in [0.15, 0.2) is 0 Å². The predicted octanol–water partition coefficient (Wildman–Crippen LogP) is -2.73. The van der Waals surface area contributed by atoms with Crippen LogP contribution in [0.5, 0.6) is 0 Å². The van der Waals surface area contributed by atoms with E-state index in [0.29, 0.717) is 6.54 Å². The van der Waals surface area contributed by atoms with Crippen molar-refractivity contribution in [3.63, 3.8) is 0 Å². The van der Waals surface area contributed by atoms with Crippen LogP contribution in [0.1, 0.15) is 0 Å². The number of nitrogens with one attached hydrogen (secondary N) is 2. The highest BCUT2D eigenvalue weighted by atomic mass is 16.5. The van der Waals surface area contributed by atoms with E-state index in [1.54, 1.807) is 0 Å². The topological polar surface area (TPSA) is 137 Å². The maximum atomic E-state index is 10.8. The SMILES string of the molecule is NC(=O)COCCNCC(=O)NC(N)=O. The van der Waals surface area contributed by atoms with E-state index in [1.165, 1.54) is 0 Å². The fourth-order valence-corrected chi connectivity index (χ4v) is 0.701. The zero-order valence-corrected chi connectivity index (χ0v) is 8.12. The van der Waals surface area contributed by atoms with E-state index in [9.17, 15) is 14.4 Å². The summed E-state index contributed by atoms with van der Waals surface area (Å²) in [4.78, 5) is 31.2. The fourth-order valence-electron chi connectivity index (χ4n) is 0.701. The maximum Gasteiger partial charge on any atom is 0.318 e. The Morgan fingerprint density at radius 1 is 1.20 bits per heavy atom. The number of ether oxygens (including phenoxy) is 1. The summed E-state index contributed by atoms with van der Waals surface area (Å²) in [7, 11) is 0. The Morgan fingerprint density at radius 2 is 1.87 bits per heavy atom. The Labute approximate surface area is 86.3 Å². The average Bonchev–Trinajstić information content (AvgIpc) is 2.09. The van der Waals surface area contributed by atoms with E-state index in [4.69, 9.17) is 16.2 Å². The van der Waals surface area contributed by atoms with Gasteiger partial charge in [0.1, 0.15) is 6.61 Å². The molecular formula is C7H14N4O4. The lowest BCUT2D eigenvalue weighted by molar-refractivity contribution is -0.123. The number of hydrogen-bond donors (Lipinski definition) is 4. The van der Waals surface area contributed by atoms with Crippen LogP contribution < -0.4 is 22.1 Å². The molecule has 0 aromatic carbocycles. The largest absolute Gasteiger partial charge is 0.370 e. The molecule has 0 aliphatic carbocycles. The minimum atomic E-state index is -0.897. The number of carbonyl (C=O) groups is 3. The highest BCUT2D eigenvalue weighted by Crippen LogP contribution is 1.72. The van der Waals surface area contributed by atoms with Crippen molar-refractivity contribution in [1.82, 2.24) is 10.6 Å². The van der Waals surface area contributed by atoms with Gasteiger partial charge in [-0.3, -0.25) is 14.9 Å². The van der Waals surface area contributed by atoms with Gasteiger partial charge in [-0.25, -0.2) is 4.79 Å². The second-order valence-electron chi connectivity index (χ2n) is 2.61. The first-order valence-electron chi connectivity index (χ1n) is 4.18. The molecule has 0 aliphatic rings. The molecule has 0 atom stereocenters. The van der Waals surface area contributed by atoms with Gasteiger partial charge >= 0.3 is 6.03 Å². The van der Waals surface area contributed by atoms with Gasteiger partial charge < -0.3 is 21.5 Å². The third-order valence-electron chi connectivity index (χ3n) is 1.22. The summed E-state index contributed by atoms with van der Waals surface area (Å²) in [6.45, 7) is 0.393. The number of imide groups is 1. The summed E-state index contributed by atoms with van der Waals surface area (Å²) in [6, 6.07) is -0.897. The highest BCUT2D eigenvalue weighted by Gasteiger charge is 2.02. The average molecular weight is 218 g/mol. The Kier molecular flexibility index (Phi) is 6.85. The molecule has 0 fully saturated rings. The van der Waals surface area contributed by atoms with Gasteiger partial charge in [0.05, 0.1) is 13.2 Å². The van der Waals surface area contributed by atoms with Crippen molar-refractivity contribution in [2.75, 3.05) is 26.3 Å². The molecule has 0 rings (SSSR count). The molecule has 6 N–H and O–H groups in total. The zero-order valence-electron chi connectivity index (χ0n) is 8.12. The summed E-state index contributed by atoms with van der Waals surface area (Å²) < 4.78 is 4.80. The van der Waals surface area contributed by atoms with Crippen molar-refractivity contribution in [1.29, 1.82) is 0 Å². The molecule has 8 heteroatoms. The predicted molar refractivity (Wildman–Crippen MR) is 50.6 cm³/mol. The number of hydrogen-bond acceptors (Lipinski definition) is 5.